The predicted octanol–water partition coefficient (Wildman–Crippen LogP) is 2.64. The van der Waals surface area contributed by atoms with Crippen molar-refractivity contribution in [2.24, 2.45) is 0 Å². The normalized spacial score (nSPS) is 15.8. The van der Waals surface area contributed by atoms with E-state index in [0.29, 0.717) is 38.7 Å². The Balaban J connectivity index is 1.68. The van der Waals surface area contributed by atoms with Crippen LogP contribution in [0.15, 0.2) is 35.9 Å². The molecule has 1 fully saturated rings. The van der Waals surface area contributed by atoms with Gasteiger partial charge in [0.1, 0.15) is 5.57 Å². The number of esters is 1. The molecule has 0 unspecified atom stereocenters. The summed E-state index contributed by atoms with van der Waals surface area (Å²) in [5, 5.41) is 2.18. The maximum absolute atomic E-state index is 13.2. The van der Waals surface area contributed by atoms with Gasteiger partial charge in [-0.05, 0) is 65.4 Å². The topological polar surface area (TPSA) is 130 Å². The Morgan fingerprint density at radius 2 is 1.91 bits per heavy atom. The largest absolute Gasteiger partial charge is 0.490 e. The summed E-state index contributed by atoms with van der Waals surface area (Å²) in [4.78, 5) is 50.6. The summed E-state index contributed by atoms with van der Waals surface area (Å²) in [6.07, 6.45) is 1.35. The minimum absolute atomic E-state index is 0.0305. The Labute approximate surface area is 213 Å². The molecule has 35 heavy (non-hydrogen) atoms. The van der Waals surface area contributed by atoms with Crippen LogP contribution in [-0.2, 0) is 19.1 Å². The van der Waals surface area contributed by atoms with Crippen LogP contribution in [0, 0.1) is 3.57 Å². The lowest BCUT2D eigenvalue weighted by molar-refractivity contribution is -0.143. The zero-order chi connectivity index (χ0) is 25.1. The zero-order valence-corrected chi connectivity index (χ0v) is 20.7. The van der Waals surface area contributed by atoms with Crippen LogP contribution < -0.4 is 29.2 Å². The van der Waals surface area contributed by atoms with Crippen LogP contribution in [0.4, 0.5) is 10.5 Å². The lowest BCUT2D eigenvalue weighted by atomic mass is 10.1. The van der Waals surface area contributed by atoms with Gasteiger partial charge in [0.05, 0.1) is 23.0 Å². The number of carbonyl (C=O) groups excluding carboxylic acids is 4. The summed E-state index contributed by atoms with van der Waals surface area (Å²) in [6, 6.07) is 6.89. The lowest BCUT2D eigenvalue weighted by Crippen LogP contribution is -2.54. The van der Waals surface area contributed by atoms with E-state index >= 15 is 0 Å². The third-order valence-electron chi connectivity index (χ3n) is 4.92. The third kappa shape index (κ3) is 5.01. The van der Waals surface area contributed by atoms with Crippen molar-refractivity contribution in [3.8, 4) is 23.0 Å². The predicted molar refractivity (Wildman–Crippen MR) is 129 cm³/mol. The second-order valence-corrected chi connectivity index (χ2v) is 8.29. The molecule has 0 aromatic heterocycles. The smallest absolute Gasteiger partial charge is 0.343 e. The molecule has 2 heterocycles. The number of anilines is 1. The SMILES string of the molecule is CCOc1cc(/C=C2\C(=O)NC(=O)N(c3ccc4c(c3)OCO4)C2=O)cc(I)c1OCC(=O)OC. The van der Waals surface area contributed by atoms with Gasteiger partial charge in [0, 0.05) is 6.07 Å². The van der Waals surface area contributed by atoms with Gasteiger partial charge in [-0.2, -0.15) is 0 Å². The van der Waals surface area contributed by atoms with Crippen molar-refractivity contribution in [3.63, 3.8) is 0 Å². The molecular formula is C23H19IN2O9. The first-order valence-corrected chi connectivity index (χ1v) is 11.4. The lowest BCUT2D eigenvalue weighted by Gasteiger charge is -2.26. The summed E-state index contributed by atoms with van der Waals surface area (Å²) in [5.74, 6) is -0.721. The Bertz CT molecular complexity index is 1260. The van der Waals surface area contributed by atoms with Crippen molar-refractivity contribution in [3.05, 3.63) is 45.0 Å². The molecule has 1 saturated heterocycles. The number of nitrogens with one attached hydrogen (secondary N) is 1. The summed E-state index contributed by atoms with van der Waals surface area (Å²) in [7, 11) is 1.25. The number of urea groups is 1. The number of barbiturate groups is 1. The van der Waals surface area contributed by atoms with Crippen LogP contribution in [0.25, 0.3) is 6.08 Å². The number of methoxy groups -OCH3 is 1. The number of nitrogens with zero attached hydrogens (tertiary/aromatic N) is 1. The maximum Gasteiger partial charge on any atom is 0.343 e. The molecule has 0 bridgehead atoms. The third-order valence-corrected chi connectivity index (χ3v) is 5.72. The van der Waals surface area contributed by atoms with Gasteiger partial charge in [0.25, 0.3) is 11.8 Å². The van der Waals surface area contributed by atoms with E-state index in [4.69, 9.17) is 18.9 Å². The first-order valence-electron chi connectivity index (χ1n) is 10.3. The quantitative estimate of drug-likeness (QED) is 0.223. The number of carbonyl (C=O) groups is 4. The van der Waals surface area contributed by atoms with Gasteiger partial charge in [0.15, 0.2) is 29.6 Å². The molecule has 4 rings (SSSR count). The summed E-state index contributed by atoms with van der Waals surface area (Å²) >= 11 is 1.99. The molecule has 0 radical (unpaired) electrons. The van der Waals surface area contributed by atoms with E-state index in [-0.39, 0.29) is 24.7 Å². The monoisotopic (exact) mass is 594 g/mol. The number of hydrogen-bond donors (Lipinski definition) is 1. The minimum atomic E-state index is -0.882. The van der Waals surface area contributed by atoms with Crippen molar-refractivity contribution in [2.45, 2.75) is 6.92 Å². The van der Waals surface area contributed by atoms with Crippen LogP contribution >= 0.6 is 22.6 Å². The van der Waals surface area contributed by atoms with Crippen molar-refractivity contribution in [2.75, 3.05) is 32.0 Å². The first-order chi connectivity index (χ1) is 16.8. The number of rotatable bonds is 7. The molecule has 12 heteroatoms. The molecule has 4 amide bonds. The van der Waals surface area contributed by atoms with Gasteiger partial charge in [-0.1, -0.05) is 0 Å². The highest BCUT2D eigenvalue weighted by atomic mass is 127. The standard InChI is InChI=1S/C23H19IN2O9/c1-3-32-18-8-12(7-15(24)20(18)33-10-19(27)31-2)6-14-21(28)25-23(30)26(22(14)29)13-4-5-16-17(9-13)35-11-34-16/h4-9H,3,10-11H2,1-2H3,(H,25,28,30)/b14-6+. The van der Waals surface area contributed by atoms with E-state index in [1.165, 1.54) is 25.3 Å². The Morgan fingerprint density at radius 3 is 2.66 bits per heavy atom. The van der Waals surface area contributed by atoms with Crippen molar-refractivity contribution < 1.29 is 42.9 Å². The van der Waals surface area contributed by atoms with Gasteiger partial charge < -0.3 is 23.7 Å². The van der Waals surface area contributed by atoms with Crippen molar-refractivity contribution in [1.29, 1.82) is 0 Å². The Kier molecular flexibility index (Phi) is 7.10. The number of fused-ring (bicyclic) bond motifs is 1. The summed E-state index contributed by atoms with van der Waals surface area (Å²) in [6.45, 7) is 1.79. The highest BCUT2D eigenvalue weighted by molar-refractivity contribution is 14.1. The molecule has 1 N–H and O–H groups in total. The molecule has 2 aromatic rings. The van der Waals surface area contributed by atoms with E-state index < -0.39 is 23.8 Å². The summed E-state index contributed by atoms with van der Waals surface area (Å²) < 4.78 is 26.9. The number of halogens is 1. The fraction of sp³-hybridized carbons (Fsp3) is 0.217. The Hall–Kier alpha value is -3.81. The van der Waals surface area contributed by atoms with E-state index in [2.05, 4.69) is 10.1 Å². The van der Waals surface area contributed by atoms with E-state index in [1.54, 1.807) is 25.1 Å². The van der Waals surface area contributed by atoms with Crippen molar-refractivity contribution >= 4 is 58.2 Å². The molecule has 11 nitrogen and oxygen atoms in total. The number of ether oxygens (including phenoxy) is 5. The summed E-state index contributed by atoms with van der Waals surface area (Å²) in [5.41, 5.74) is 0.400. The molecule has 0 saturated carbocycles. The minimum Gasteiger partial charge on any atom is -0.490 e. The van der Waals surface area contributed by atoms with Gasteiger partial charge in [-0.25, -0.2) is 14.5 Å². The fourth-order valence-corrected chi connectivity index (χ4v) is 4.13. The molecular weight excluding hydrogens is 575 g/mol. The highest BCUT2D eigenvalue weighted by Gasteiger charge is 2.37. The maximum atomic E-state index is 13.2. The molecule has 2 aromatic carbocycles. The van der Waals surface area contributed by atoms with Gasteiger partial charge in [-0.15, -0.1) is 0 Å². The Morgan fingerprint density at radius 1 is 1.14 bits per heavy atom. The van der Waals surface area contributed by atoms with Crippen LogP contribution in [0.2, 0.25) is 0 Å². The molecule has 0 spiro atoms. The van der Waals surface area contributed by atoms with E-state index in [0.717, 1.165) is 4.90 Å². The first kappa shape index (κ1) is 24.3. The molecule has 0 aliphatic carbocycles. The van der Waals surface area contributed by atoms with Crippen molar-refractivity contribution in [1.82, 2.24) is 5.32 Å². The van der Waals surface area contributed by atoms with E-state index in [9.17, 15) is 19.2 Å². The fourth-order valence-electron chi connectivity index (χ4n) is 3.35. The van der Waals surface area contributed by atoms with Crippen LogP contribution in [0.1, 0.15) is 12.5 Å². The number of amides is 4. The zero-order valence-electron chi connectivity index (χ0n) is 18.6. The highest BCUT2D eigenvalue weighted by Crippen LogP contribution is 2.37. The van der Waals surface area contributed by atoms with Gasteiger partial charge in [0.2, 0.25) is 6.79 Å². The van der Waals surface area contributed by atoms with Gasteiger partial charge in [-0.3, -0.25) is 14.9 Å². The van der Waals surface area contributed by atoms with Crippen LogP contribution in [0.3, 0.4) is 0 Å². The second-order valence-electron chi connectivity index (χ2n) is 7.12. The molecule has 2 aliphatic heterocycles. The average Bonchev–Trinajstić information content (AvgIpc) is 3.29. The van der Waals surface area contributed by atoms with Crippen LogP contribution in [0.5, 0.6) is 23.0 Å². The van der Waals surface area contributed by atoms with E-state index in [1.807, 2.05) is 22.6 Å². The average molecular weight is 594 g/mol. The molecule has 182 valence electrons. The second kappa shape index (κ2) is 10.2. The number of benzene rings is 2. The number of imide groups is 2. The van der Waals surface area contributed by atoms with Crippen LogP contribution in [-0.4, -0.2) is 50.9 Å². The molecule has 0 atom stereocenters. The van der Waals surface area contributed by atoms with Gasteiger partial charge >= 0.3 is 12.0 Å². The molecule has 2 aliphatic rings. The number of hydrogen-bond acceptors (Lipinski definition) is 9.